The highest BCUT2D eigenvalue weighted by Gasteiger charge is 2.13. The lowest BCUT2D eigenvalue weighted by Gasteiger charge is -2.22. The van der Waals surface area contributed by atoms with Crippen molar-refractivity contribution >= 4 is 12.6 Å². The molecule has 1 atom stereocenters. The van der Waals surface area contributed by atoms with Gasteiger partial charge in [-0.15, -0.1) is 0 Å². The number of hydrazine groups is 1. The van der Waals surface area contributed by atoms with Crippen LogP contribution in [-0.2, 0) is 20.9 Å². The van der Waals surface area contributed by atoms with Gasteiger partial charge in [-0.3, -0.25) is 4.79 Å². The highest BCUT2D eigenvalue weighted by Crippen LogP contribution is 2.01. The van der Waals surface area contributed by atoms with E-state index in [0.717, 1.165) is 5.56 Å². The Balaban J connectivity index is 2.30. The number of hydrogen-bond donors (Lipinski definition) is 1. The number of rotatable bonds is 7. The third kappa shape index (κ3) is 5.87. The summed E-state index contributed by atoms with van der Waals surface area (Å²) >= 11 is 0. The Morgan fingerprint density at radius 1 is 1.42 bits per heavy atom. The standard InChI is InChI=1S/C13H18N2O4/c1-11(8-18-10-16)14-15(2)13(17)19-9-12-6-4-3-5-7-12/h3-7,10-11,14H,8-9H2,1-2H3. The van der Waals surface area contributed by atoms with Gasteiger partial charge >= 0.3 is 6.09 Å². The molecule has 0 fully saturated rings. The van der Waals surface area contributed by atoms with Crippen LogP contribution in [0.25, 0.3) is 0 Å². The van der Waals surface area contributed by atoms with E-state index in [9.17, 15) is 9.59 Å². The molecule has 6 nitrogen and oxygen atoms in total. The van der Waals surface area contributed by atoms with E-state index in [1.165, 1.54) is 5.01 Å². The molecule has 1 N–H and O–H groups in total. The molecule has 1 aromatic rings. The first-order valence-electron chi connectivity index (χ1n) is 5.89. The molecular formula is C13H18N2O4. The minimum atomic E-state index is -0.498. The summed E-state index contributed by atoms with van der Waals surface area (Å²) in [7, 11) is 1.55. The van der Waals surface area contributed by atoms with E-state index >= 15 is 0 Å². The van der Waals surface area contributed by atoms with E-state index in [4.69, 9.17) is 4.74 Å². The number of amides is 1. The van der Waals surface area contributed by atoms with Crippen molar-refractivity contribution in [2.75, 3.05) is 13.7 Å². The zero-order valence-corrected chi connectivity index (χ0v) is 11.0. The highest BCUT2D eigenvalue weighted by molar-refractivity contribution is 5.66. The summed E-state index contributed by atoms with van der Waals surface area (Å²) in [6.07, 6.45) is -0.498. The molecular weight excluding hydrogens is 248 g/mol. The Bertz CT molecular complexity index is 397. The van der Waals surface area contributed by atoms with Crippen LogP contribution in [0.15, 0.2) is 30.3 Å². The minimum absolute atomic E-state index is 0.180. The van der Waals surface area contributed by atoms with Crippen molar-refractivity contribution < 1.29 is 19.1 Å². The van der Waals surface area contributed by atoms with E-state index < -0.39 is 6.09 Å². The number of hydrogen-bond acceptors (Lipinski definition) is 5. The maximum atomic E-state index is 11.7. The number of nitrogens with one attached hydrogen (secondary N) is 1. The van der Waals surface area contributed by atoms with Gasteiger partial charge in [0.2, 0.25) is 0 Å². The number of benzene rings is 1. The van der Waals surface area contributed by atoms with Gasteiger partial charge in [0.05, 0.1) is 6.04 Å². The van der Waals surface area contributed by atoms with Gasteiger partial charge in [0.1, 0.15) is 13.2 Å². The molecule has 0 aliphatic heterocycles. The van der Waals surface area contributed by atoms with E-state index in [2.05, 4.69) is 10.2 Å². The van der Waals surface area contributed by atoms with Crippen LogP contribution in [0.3, 0.4) is 0 Å². The van der Waals surface area contributed by atoms with Crippen LogP contribution in [0.2, 0.25) is 0 Å². The molecule has 19 heavy (non-hydrogen) atoms. The van der Waals surface area contributed by atoms with Crippen LogP contribution in [0.4, 0.5) is 4.79 Å². The normalized spacial score (nSPS) is 11.5. The van der Waals surface area contributed by atoms with Gasteiger partial charge in [0.15, 0.2) is 0 Å². The van der Waals surface area contributed by atoms with Crippen molar-refractivity contribution in [3.63, 3.8) is 0 Å². The van der Waals surface area contributed by atoms with Gasteiger partial charge in [-0.1, -0.05) is 30.3 Å². The molecule has 0 bridgehead atoms. The highest BCUT2D eigenvalue weighted by atomic mass is 16.6. The Labute approximate surface area is 112 Å². The fourth-order valence-corrected chi connectivity index (χ4v) is 1.42. The Hall–Kier alpha value is -2.08. The Morgan fingerprint density at radius 2 is 2.11 bits per heavy atom. The van der Waals surface area contributed by atoms with Crippen molar-refractivity contribution in [3.05, 3.63) is 35.9 Å². The topological polar surface area (TPSA) is 67.9 Å². The molecule has 0 heterocycles. The quantitative estimate of drug-likeness (QED) is 0.595. The summed E-state index contributed by atoms with van der Waals surface area (Å²) in [4.78, 5) is 21.7. The predicted octanol–water partition coefficient (Wildman–Crippen LogP) is 1.32. The smallest absolute Gasteiger partial charge is 0.424 e. The Kier molecular flexibility index (Phi) is 6.38. The second kappa shape index (κ2) is 8.10. The van der Waals surface area contributed by atoms with Crippen molar-refractivity contribution in [2.45, 2.75) is 19.6 Å². The lowest BCUT2D eigenvalue weighted by Crippen LogP contribution is -2.46. The van der Waals surface area contributed by atoms with Crippen LogP contribution in [0.5, 0.6) is 0 Å². The third-order valence-corrected chi connectivity index (χ3v) is 2.31. The van der Waals surface area contributed by atoms with Crippen LogP contribution in [0, 0.1) is 0 Å². The van der Waals surface area contributed by atoms with Gasteiger partial charge in [0, 0.05) is 7.05 Å². The van der Waals surface area contributed by atoms with Crippen molar-refractivity contribution in [2.24, 2.45) is 0 Å². The molecule has 104 valence electrons. The van der Waals surface area contributed by atoms with Crippen molar-refractivity contribution in [1.82, 2.24) is 10.4 Å². The number of nitrogens with zero attached hydrogens (tertiary/aromatic N) is 1. The summed E-state index contributed by atoms with van der Waals surface area (Å²) in [6.45, 7) is 2.54. The van der Waals surface area contributed by atoms with Crippen LogP contribution >= 0.6 is 0 Å². The molecule has 0 aromatic heterocycles. The molecule has 1 amide bonds. The summed E-state index contributed by atoms with van der Waals surface area (Å²) < 4.78 is 9.69. The average molecular weight is 266 g/mol. The summed E-state index contributed by atoms with van der Waals surface area (Å²) in [5.74, 6) is 0. The van der Waals surface area contributed by atoms with E-state index in [1.54, 1.807) is 14.0 Å². The largest absolute Gasteiger partial charge is 0.466 e. The Morgan fingerprint density at radius 3 is 2.74 bits per heavy atom. The summed E-state index contributed by atoms with van der Waals surface area (Å²) in [5.41, 5.74) is 3.74. The van der Waals surface area contributed by atoms with Crippen molar-refractivity contribution in [3.8, 4) is 0 Å². The lowest BCUT2D eigenvalue weighted by molar-refractivity contribution is -0.129. The van der Waals surface area contributed by atoms with Gasteiger partial charge < -0.3 is 9.47 Å². The van der Waals surface area contributed by atoms with Crippen LogP contribution in [0.1, 0.15) is 12.5 Å². The van der Waals surface area contributed by atoms with Crippen molar-refractivity contribution in [1.29, 1.82) is 0 Å². The average Bonchev–Trinajstić information content (AvgIpc) is 2.43. The monoisotopic (exact) mass is 266 g/mol. The maximum absolute atomic E-state index is 11.7. The molecule has 0 radical (unpaired) electrons. The first-order valence-corrected chi connectivity index (χ1v) is 5.89. The zero-order valence-electron chi connectivity index (χ0n) is 11.0. The van der Waals surface area contributed by atoms with Gasteiger partial charge in [-0.2, -0.15) is 0 Å². The number of carbonyl (C=O) groups is 2. The molecule has 0 saturated heterocycles. The molecule has 0 aliphatic rings. The fourth-order valence-electron chi connectivity index (χ4n) is 1.42. The van der Waals surface area contributed by atoms with E-state index in [1.807, 2.05) is 30.3 Å². The second-order valence-electron chi connectivity index (χ2n) is 4.06. The predicted molar refractivity (Wildman–Crippen MR) is 69.0 cm³/mol. The molecule has 0 spiro atoms. The van der Waals surface area contributed by atoms with Crippen LogP contribution < -0.4 is 5.43 Å². The molecule has 1 rings (SSSR count). The lowest BCUT2D eigenvalue weighted by atomic mass is 10.2. The first-order chi connectivity index (χ1) is 9.13. The minimum Gasteiger partial charge on any atom is -0.466 e. The number of carbonyl (C=O) groups excluding carboxylic acids is 2. The molecule has 6 heteroatoms. The van der Waals surface area contributed by atoms with E-state index in [-0.39, 0.29) is 19.3 Å². The van der Waals surface area contributed by atoms with Gasteiger partial charge in [-0.05, 0) is 12.5 Å². The van der Waals surface area contributed by atoms with Gasteiger partial charge in [-0.25, -0.2) is 15.2 Å². The van der Waals surface area contributed by atoms with Crippen LogP contribution in [-0.4, -0.2) is 37.3 Å². The maximum Gasteiger partial charge on any atom is 0.424 e. The fraction of sp³-hybridized carbons (Fsp3) is 0.385. The summed E-state index contributed by atoms with van der Waals surface area (Å²) in [6, 6.07) is 9.23. The zero-order chi connectivity index (χ0) is 14.1. The molecule has 1 aromatic carbocycles. The second-order valence-corrected chi connectivity index (χ2v) is 4.06. The number of ether oxygens (including phenoxy) is 2. The third-order valence-electron chi connectivity index (χ3n) is 2.31. The molecule has 1 unspecified atom stereocenters. The van der Waals surface area contributed by atoms with Gasteiger partial charge in [0.25, 0.3) is 6.47 Å². The SMILES string of the molecule is CC(COC=O)NN(C)C(=O)OCc1ccccc1. The van der Waals surface area contributed by atoms with E-state index in [0.29, 0.717) is 6.47 Å². The first kappa shape index (κ1) is 15.0. The molecule has 0 aliphatic carbocycles. The summed E-state index contributed by atoms with van der Waals surface area (Å²) in [5, 5.41) is 1.22. The molecule has 0 saturated carbocycles.